The van der Waals surface area contributed by atoms with Crippen LogP contribution in [0.4, 0.5) is 0 Å². The van der Waals surface area contributed by atoms with Crippen molar-refractivity contribution in [1.82, 2.24) is 0 Å². The third-order valence-corrected chi connectivity index (χ3v) is 10.7. The molecular formula is CH2PSn2. The molecule has 0 rings (SSSR count). The molecule has 5 radical (unpaired) electrons. The average molecular weight is 282 g/mol. The van der Waals surface area contributed by atoms with E-state index in [1.54, 1.807) is 49.8 Å². The van der Waals surface area contributed by atoms with Crippen LogP contribution in [0.5, 0.6) is 0 Å². The fourth-order valence-electron chi connectivity index (χ4n) is 0. The van der Waals surface area contributed by atoms with Gasteiger partial charge in [0, 0.05) is 0 Å². The summed E-state index contributed by atoms with van der Waals surface area (Å²) in [4.78, 5) is 0. The van der Waals surface area contributed by atoms with Crippen molar-refractivity contribution in [2.75, 3.05) is 4.18 Å². The Morgan fingerprint density at radius 1 is 1.75 bits per heavy atom. The van der Waals surface area contributed by atoms with Crippen LogP contribution in [0.15, 0.2) is 0 Å². The summed E-state index contributed by atoms with van der Waals surface area (Å²) in [7, 11) is 0. The van der Waals surface area contributed by atoms with Gasteiger partial charge in [-0.25, -0.2) is 0 Å². The van der Waals surface area contributed by atoms with Gasteiger partial charge in [-0.2, -0.15) is 0 Å². The normalized spacial score (nSPS) is 8.25. The zero-order valence-corrected chi connectivity index (χ0v) is 8.76. The van der Waals surface area contributed by atoms with Crippen molar-refractivity contribution in [3.8, 4) is 0 Å². The fourth-order valence-corrected chi connectivity index (χ4v) is 0. The van der Waals surface area contributed by atoms with Gasteiger partial charge in [0.2, 0.25) is 0 Å². The van der Waals surface area contributed by atoms with Gasteiger partial charge >= 0.3 is 53.9 Å². The van der Waals surface area contributed by atoms with Gasteiger partial charge in [-0.3, -0.25) is 0 Å². The quantitative estimate of drug-likeness (QED) is 0.474. The van der Waals surface area contributed by atoms with Crippen LogP contribution in [0.1, 0.15) is 0 Å². The molecule has 19 valence electrons. The second-order valence-corrected chi connectivity index (χ2v) is 6.36. The predicted octanol–water partition coefficient (Wildman–Crippen LogP) is 0.142. The molecule has 0 amide bonds. The summed E-state index contributed by atoms with van der Waals surface area (Å²) in [6, 6.07) is 0. The molecule has 0 aromatic carbocycles. The van der Waals surface area contributed by atoms with Crippen LogP contribution in [-0.4, -0.2) is 48.2 Å². The van der Waals surface area contributed by atoms with Crippen molar-refractivity contribution >= 4 is 49.8 Å². The average Bonchev–Trinajstić information content (AvgIpc) is 1.37. The van der Waals surface area contributed by atoms with E-state index in [2.05, 4.69) is 0 Å². The van der Waals surface area contributed by atoms with Crippen LogP contribution in [0.3, 0.4) is 0 Å². The van der Waals surface area contributed by atoms with Gasteiger partial charge in [-0.1, -0.05) is 0 Å². The second kappa shape index (κ2) is 4.90. The first-order valence-corrected chi connectivity index (χ1v) is 7.82. The first-order chi connectivity index (χ1) is 1.91. The molecule has 3 heteroatoms. The Kier molecular flexibility index (Phi) is 7.22. The number of rotatable bonds is 1. The van der Waals surface area contributed by atoms with E-state index in [1.807, 2.05) is 0 Å². The second-order valence-electron chi connectivity index (χ2n) is 0.316. The van der Waals surface area contributed by atoms with E-state index in [4.69, 9.17) is 0 Å². The Hall–Kier alpha value is 1.90. The van der Waals surface area contributed by atoms with Crippen LogP contribution < -0.4 is 0 Å². The molecule has 0 N–H and O–H groups in total. The molecule has 0 aliphatic carbocycles. The summed E-state index contributed by atoms with van der Waals surface area (Å²) < 4.78 is 1.42. The first kappa shape index (κ1) is 5.90. The Labute approximate surface area is 53.4 Å². The molecule has 0 bridgehead atoms. The van der Waals surface area contributed by atoms with E-state index in [1.165, 1.54) is 4.18 Å². The Morgan fingerprint density at radius 3 is 2.00 bits per heavy atom. The molecule has 0 aliphatic heterocycles. The number of hydrogen-bond donors (Lipinski definition) is 0. The molecule has 0 fully saturated rings. The van der Waals surface area contributed by atoms with Crippen molar-refractivity contribution in [3.05, 3.63) is 0 Å². The summed E-state index contributed by atoms with van der Waals surface area (Å²) in [5.74, 6) is 1.63. The zero-order valence-electron chi connectivity index (χ0n) is 2.15. The van der Waals surface area contributed by atoms with Gasteiger partial charge in [-0.05, 0) is 0 Å². The van der Waals surface area contributed by atoms with Crippen LogP contribution in [0, 0.1) is 0 Å². The molecule has 4 heavy (non-hydrogen) atoms. The summed E-state index contributed by atoms with van der Waals surface area (Å²) >= 11 is 3.34. The van der Waals surface area contributed by atoms with Crippen molar-refractivity contribution in [3.63, 3.8) is 0 Å². The number of hydrogen-bond acceptors (Lipinski definition) is 0. The minimum absolute atomic E-state index is 1.42. The van der Waals surface area contributed by atoms with Gasteiger partial charge in [0.25, 0.3) is 0 Å². The summed E-state index contributed by atoms with van der Waals surface area (Å²) in [6.45, 7) is 0. The van der Waals surface area contributed by atoms with E-state index >= 15 is 0 Å². The maximum absolute atomic E-state index is 1.68. The summed E-state index contributed by atoms with van der Waals surface area (Å²) in [5, 5.41) is 0. The molecule has 0 spiro atoms. The third kappa shape index (κ3) is 3.90. The minimum atomic E-state index is 1.42. The van der Waals surface area contributed by atoms with Gasteiger partial charge in [-0.15, -0.1) is 0 Å². The first-order valence-electron chi connectivity index (χ1n) is 0.893. The molecule has 0 saturated carbocycles. The molecule has 0 aromatic rings. The molecular weight excluding hydrogens is 280 g/mol. The van der Waals surface area contributed by atoms with E-state index < -0.39 is 0 Å². The Balaban J connectivity index is 2.30. The molecule has 0 aromatic heterocycles. The molecule has 0 saturated heterocycles. The van der Waals surface area contributed by atoms with E-state index in [0.717, 1.165) is 0 Å². The van der Waals surface area contributed by atoms with Crippen molar-refractivity contribution in [1.29, 1.82) is 0 Å². The van der Waals surface area contributed by atoms with Gasteiger partial charge in [0.1, 0.15) is 0 Å². The third-order valence-electron chi connectivity index (χ3n) is 0.0791. The van der Waals surface area contributed by atoms with Crippen molar-refractivity contribution in [2.24, 2.45) is 0 Å². The zero-order chi connectivity index (χ0) is 3.41. The maximum atomic E-state index is 1.68. The van der Waals surface area contributed by atoms with Crippen molar-refractivity contribution in [2.45, 2.75) is 0 Å². The van der Waals surface area contributed by atoms with Crippen LogP contribution in [0.25, 0.3) is 0 Å². The van der Waals surface area contributed by atoms with Gasteiger partial charge in [0.15, 0.2) is 0 Å². The molecule has 0 unspecified atom stereocenters. The fraction of sp³-hybridized carbons (Fsp3) is 1.00. The monoisotopic (exact) mass is 285 g/mol. The Morgan fingerprint density at radius 2 is 2.00 bits per heavy atom. The molecule has 0 aliphatic rings. The van der Waals surface area contributed by atoms with Gasteiger partial charge in [0.05, 0.1) is 0 Å². The van der Waals surface area contributed by atoms with Crippen LogP contribution in [0.2, 0.25) is 0 Å². The summed E-state index contributed by atoms with van der Waals surface area (Å²) in [6.07, 6.45) is 0. The van der Waals surface area contributed by atoms with E-state index in [-0.39, 0.29) is 0 Å². The standard InChI is InChI=1S/CH2P.2Sn/c1-2;;/h1H2;;. The topological polar surface area (TPSA) is 0 Å². The summed E-state index contributed by atoms with van der Waals surface area (Å²) in [5.41, 5.74) is 0. The molecule has 0 nitrogen and oxygen atoms in total. The Bertz CT molecular complexity index is 20.0. The van der Waals surface area contributed by atoms with E-state index in [0.29, 0.717) is 0 Å². The van der Waals surface area contributed by atoms with Crippen molar-refractivity contribution < 1.29 is 0 Å². The SMILES string of the molecule is [Sn][CH2][P]=[Sn]. The van der Waals surface area contributed by atoms with E-state index in [9.17, 15) is 0 Å². The predicted molar refractivity (Wildman–Crippen MR) is 23.3 cm³/mol. The molecule has 0 atom stereocenters. The van der Waals surface area contributed by atoms with Crippen LogP contribution in [-0.2, 0) is 0 Å². The van der Waals surface area contributed by atoms with Gasteiger partial charge < -0.3 is 0 Å². The van der Waals surface area contributed by atoms with Crippen LogP contribution >= 0.6 is 5.77 Å². The molecule has 0 heterocycles.